The minimum Gasteiger partial charge on any atom is -0.493 e. The Morgan fingerprint density at radius 1 is 1.08 bits per heavy atom. The molecule has 0 spiro atoms. The van der Waals surface area contributed by atoms with Crippen LogP contribution in [0, 0.1) is 5.92 Å². The monoisotopic (exact) mass is 519 g/mol. The maximum Gasteiger partial charge on any atom is 0.314 e. The Labute approximate surface area is 220 Å². The van der Waals surface area contributed by atoms with Gasteiger partial charge in [0.05, 0.1) is 40.6 Å². The summed E-state index contributed by atoms with van der Waals surface area (Å²) in [6.45, 7) is 2.79. The highest BCUT2D eigenvalue weighted by atomic mass is 16.7. The number of carbonyl (C=O) groups excluding carboxylic acids is 1. The molecular formula is C28H29N3O7. The Kier molecular flexibility index (Phi) is 6.95. The number of nitrogens with zero attached hydrogens (tertiary/aromatic N) is 3. The number of carbonyl (C=O) groups is 1. The van der Waals surface area contributed by atoms with E-state index < -0.39 is 17.8 Å². The van der Waals surface area contributed by atoms with Crippen LogP contribution in [0.5, 0.6) is 28.7 Å². The van der Waals surface area contributed by atoms with Crippen molar-refractivity contribution >= 4 is 24.1 Å². The van der Waals surface area contributed by atoms with Gasteiger partial charge in [0.2, 0.25) is 12.5 Å². The molecule has 0 saturated carbocycles. The summed E-state index contributed by atoms with van der Waals surface area (Å²) in [6.07, 6.45) is 5.32. The van der Waals surface area contributed by atoms with Crippen molar-refractivity contribution in [2.45, 2.75) is 19.4 Å². The Hall–Kier alpha value is -4.47. The Balaban J connectivity index is 1.73. The summed E-state index contributed by atoms with van der Waals surface area (Å²) in [4.78, 5) is 18.1. The summed E-state index contributed by atoms with van der Waals surface area (Å²) in [7, 11) is 6.04. The second-order valence-corrected chi connectivity index (χ2v) is 8.68. The topological polar surface area (TPSA) is 103 Å². The van der Waals surface area contributed by atoms with Gasteiger partial charge in [-0.3, -0.25) is 4.79 Å². The van der Waals surface area contributed by atoms with Gasteiger partial charge >= 0.3 is 5.97 Å². The first-order valence-corrected chi connectivity index (χ1v) is 12.1. The van der Waals surface area contributed by atoms with Crippen molar-refractivity contribution in [2.75, 3.05) is 35.2 Å². The van der Waals surface area contributed by atoms with E-state index >= 15 is 0 Å². The van der Waals surface area contributed by atoms with Crippen LogP contribution in [-0.4, -0.2) is 57.2 Å². The molecule has 3 aromatic rings. The van der Waals surface area contributed by atoms with E-state index in [2.05, 4.69) is 10.1 Å². The molecule has 2 atom stereocenters. The molecule has 10 nitrogen and oxygen atoms in total. The van der Waals surface area contributed by atoms with Crippen LogP contribution in [0.15, 0.2) is 47.1 Å². The summed E-state index contributed by atoms with van der Waals surface area (Å²) in [5.41, 5.74) is 3.19. The van der Waals surface area contributed by atoms with Crippen LogP contribution >= 0.6 is 0 Å². The van der Waals surface area contributed by atoms with Gasteiger partial charge in [-0.15, -0.1) is 0 Å². The normalized spacial score (nSPS) is 17.7. The van der Waals surface area contributed by atoms with Crippen LogP contribution in [0.1, 0.15) is 29.5 Å². The van der Waals surface area contributed by atoms with Gasteiger partial charge in [0.1, 0.15) is 5.82 Å². The Morgan fingerprint density at radius 2 is 1.79 bits per heavy atom. The molecule has 2 heterocycles. The van der Waals surface area contributed by atoms with Gasteiger partial charge in [-0.2, -0.15) is 5.10 Å². The number of fused-ring (bicyclic) bond motifs is 2. The van der Waals surface area contributed by atoms with Gasteiger partial charge in [-0.05, 0) is 59.5 Å². The van der Waals surface area contributed by atoms with Crippen molar-refractivity contribution < 1.29 is 33.2 Å². The fraction of sp³-hybridized carbons (Fsp3) is 0.321. The molecule has 0 N–H and O–H groups in total. The molecule has 1 aromatic heterocycles. The van der Waals surface area contributed by atoms with Crippen LogP contribution in [0.4, 0.5) is 5.82 Å². The van der Waals surface area contributed by atoms with Crippen molar-refractivity contribution in [1.29, 1.82) is 0 Å². The van der Waals surface area contributed by atoms with Crippen molar-refractivity contribution in [3.8, 4) is 28.7 Å². The van der Waals surface area contributed by atoms with Gasteiger partial charge in [-0.1, -0.05) is 0 Å². The first kappa shape index (κ1) is 25.2. The van der Waals surface area contributed by atoms with E-state index in [0.29, 0.717) is 46.7 Å². The number of aromatic nitrogens is 2. The number of ether oxygens (including phenoxy) is 6. The molecule has 38 heavy (non-hydrogen) atoms. The van der Waals surface area contributed by atoms with Crippen LogP contribution in [0.25, 0.3) is 6.08 Å². The van der Waals surface area contributed by atoms with Crippen molar-refractivity contribution in [2.24, 2.45) is 10.9 Å². The van der Waals surface area contributed by atoms with Gasteiger partial charge in [0, 0.05) is 24.7 Å². The Morgan fingerprint density at radius 3 is 2.42 bits per heavy atom. The van der Waals surface area contributed by atoms with Crippen LogP contribution < -0.4 is 23.7 Å². The van der Waals surface area contributed by atoms with Crippen LogP contribution in [0.2, 0.25) is 0 Å². The number of aryl methyl sites for hydroxylation is 1. The number of esters is 1. The van der Waals surface area contributed by atoms with E-state index in [1.165, 1.54) is 7.11 Å². The third kappa shape index (κ3) is 4.31. The molecule has 10 heteroatoms. The second-order valence-electron chi connectivity index (χ2n) is 8.68. The summed E-state index contributed by atoms with van der Waals surface area (Å²) >= 11 is 0. The molecule has 1 aliphatic carbocycles. The number of hydrogen-bond acceptors (Lipinski definition) is 9. The third-order valence-corrected chi connectivity index (χ3v) is 6.77. The molecule has 0 saturated heterocycles. The van der Waals surface area contributed by atoms with Crippen LogP contribution in [0.3, 0.4) is 0 Å². The van der Waals surface area contributed by atoms with E-state index in [-0.39, 0.29) is 6.79 Å². The minimum absolute atomic E-state index is 0.131. The molecule has 0 amide bonds. The fourth-order valence-corrected chi connectivity index (χ4v) is 5.00. The van der Waals surface area contributed by atoms with E-state index in [0.717, 1.165) is 16.7 Å². The molecule has 198 valence electrons. The van der Waals surface area contributed by atoms with Crippen molar-refractivity contribution in [3.05, 3.63) is 58.8 Å². The van der Waals surface area contributed by atoms with E-state index in [9.17, 15) is 4.79 Å². The first-order chi connectivity index (χ1) is 18.5. The summed E-state index contributed by atoms with van der Waals surface area (Å²) in [5, 5.41) is 4.28. The molecule has 1 unspecified atom stereocenters. The van der Waals surface area contributed by atoms with E-state index in [1.54, 1.807) is 38.4 Å². The molecule has 5 rings (SSSR count). The first-order valence-electron chi connectivity index (χ1n) is 12.1. The lowest BCUT2D eigenvalue weighted by atomic mass is 9.71. The standard InChI is InChI=1S/C28H29N3O7/c1-6-31-24(7-8-30-31)29-14-18-9-16-10-20-21(38-15-37-20)13-19(16)25(26(18)28(32)36-5)17-11-22(33-2)27(35-4)23(12-17)34-3/h7-14,25-26H,6,15H2,1-5H3/b29-14+/t25?,26-/m1/s1. The van der Waals surface area contributed by atoms with Crippen molar-refractivity contribution in [3.63, 3.8) is 0 Å². The highest BCUT2D eigenvalue weighted by molar-refractivity contribution is 5.98. The largest absolute Gasteiger partial charge is 0.493 e. The van der Waals surface area contributed by atoms with Gasteiger partial charge in [0.25, 0.3) is 0 Å². The SMILES string of the molecule is CCn1nccc1/N=C/C1=Cc2cc3c(cc2C(c2cc(OC)c(OC)c(OC)c2)[C@@H]1C(=O)OC)OCO3. The van der Waals surface area contributed by atoms with Gasteiger partial charge < -0.3 is 28.4 Å². The maximum absolute atomic E-state index is 13.4. The number of rotatable bonds is 8. The summed E-state index contributed by atoms with van der Waals surface area (Å²) in [5.74, 6) is 1.73. The molecule has 1 aliphatic heterocycles. The zero-order chi connectivity index (χ0) is 26.8. The quantitative estimate of drug-likeness (QED) is 0.319. The minimum atomic E-state index is -0.725. The summed E-state index contributed by atoms with van der Waals surface area (Å²) in [6, 6.07) is 9.35. The molecule has 0 bridgehead atoms. The zero-order valence-corrected chi connectivity index (χ0v) is 21.9. The Bertz CT molecular complexity index is 1400. The van der Waals surface area contributed by atoms with Gasteiger partial charge in [0.15, 0.2) is 23.0 Å². The van der Waals surface area contributed by atoms with Crippen molar-refractivity contribution in [1.82, 2.24) is 9.78 Å². The predicted molar refractivity (Wildman–Crippen MR) is 140 cm³/mol. The predicted octanol–water partition coefficient (Wildman–Crippen LogP) is 4.38. The zero-order valence-electron chi connectivity index (χ0n) is 21.9. The average Bonchev–Trinajstić information content (AvgIpc) is 3.61. The maximum atomic E-state index is 13.4. The van der Waals surface area contributed by atoms with E-state index in [4.69, 9.17) is 28.4 Å². The lowest BCUT2D eigenvalue weighted by Crippen LogP contribution is -2.30. The molecule has 2 aliphatic rings. The van der Waals surface area contributed by atoms with Gasteiger partial charge in [-0.25, -0.2) is 9.67 Å². The highest BCUT2D eigenvalue weighted by Gasteiger charge is 2.40. The average molecular weight is 520 g/mol. The van der Waals surface area contributed by atoms with E-state index in [1.807, 2.05) is 43.3 Å². The molecule has 0 fully saturated rings. The lowest BCUT2D eigenvalue weighted by molar-refractivity contribution is -0.144. The second kappa shape index (κ2) is 10.5. The molecule has 2 aromatic carbocycles. The summed E-state index contributed by atoms with van der Waals surface area (Å²) < 4.78 is 35.2. The number of aliphatic imine (C=N–C) groups is 1. The number of methoxy groups -OCH3 is 4. The fourth-order valence-electron chi connectivity index (χ4n) is 5.00. The smallest absolute Gasteiger partial charge is 0.314 e. The number of benzene rings is 2. The lowest BCUT2D eigenvalue weighted by Gasteiger charge is -2.32. The van der Waals surface area contributed by atoms with Crippen LogP contribution in [-0.2, 0) is 16.1 Å². The molecular weight excluding hydrogens is 490 g/mol. The molecule has 0 radical (unpaired) electrons. The number of hydrogen-bond donors (Lipinski definition) is 0. The highest BCUT2D eigenvalue weighted by Crippen LogP contribution is 2.50. The third-order valence-electron chi connectivity index (χ3n) is 6.77.